The first-order valence-corrected chi connectivity index (χ1v) is 8.91. The minimum absolute atomic E-state index is 0.101. The van der Waals surface area contributed by atoms with Crippen molar-refractivity contribution in [2.75, 3.05) is 33.0 Å². The number of hydrogen-bond acceptors (Lipinski definition) is 5. The number of benzene rings is 2. The zero-order valence-corrected chi connectivity index (χ0v) is 15.1. The Morgan fingerprint density at radius 2 is 1.21 bits per heavy atom. The lowest BCUT2D eigenvalue weighted by atomic mass is 10.1. The third kappa shape index (κ3) is 3.36. The number of ether oxygens (including phenoxy) is 2. The summed E-state index contributed by atoms with van der Waals surface area (Å²) in [7, 11) is 0. The van der Waals surface area contributed by atoms with Gasteiger partial charge in [0, 0.05) is 42.9 Å². The number of rotatable bonds is 3. The topological polar surface area (TPSA) is 102 Å². The molecule has 0 radical (unpaired) electrons. The number of amides is 3. The van der Waals surface area contributed by atoms with Crippen molar-refractivity contribution in [2.45, 2.75) is 0 Å². The Morgan fingerprint density at radius 3 is 1.82 bits per heavy atom. The quantitative estimate of drug-likeness (QED) is 0.858. The zero-order chi connectivity index (χ0) is 19.7. The summed E-state index contributed by atoms with van der Waals surface area (Å²) in [4.78, 5) is 39.9. The number of hydrogen-bond donors (Lipinski definition) is 1. The molecule has 3 amide bonds. The second-order valence-corrected chi connectivity index (χ2v) is 6.59. The van der Waals surface area contributed by atoms with E-state index in [0.717, 1.165) is 0 Å². The van der Waals surface area contributed by atoms with Crippen LogP contribution < -0.4 is 15.2 Å². The summed E-state index contributed by atoms with van der Waals surface area (Å²) in [6.07, 6.45) is 0. The Labute approximate surface area is 161 Å². The van der Waals surface area contributed by atoms with Crippen LogP contribution in [0, 0.1) is 0 Å². The zero-order valence-electron chi connectivity index (χ0n) is 15.1. The standard InChI is InChI=1S/C20H19N3O5/c21-18(24)13-1-3-14(4-2-13)19(25)22-7-9-23(10-8-22)20(26)15-5-6-16-17(11-15)28-12-27-16/h1-6,11H,7-10,12H2,(H2,21,24). The molecule has 1 saturated heterocycles. The monoisotopic (exact) mass is 381 g/mol. The van der Waals surface area contributed by atoms with Crippen LogP contribution in [0.3, 0.4) is 0 Å². The maximum absolute atomic E-state index is 12.7. The molecule has 4 rings (SSSR count). The summed E-state index contributed by atoms with van der Waals surface area (Å²) in [5, 5.41) is 0. The van der Waals surface area contributed by atoms with Crippen molar-refractivity contribution in [3.05, 3.63) is 59.2 Å². The molecule has 8 nitrogen and oxygen atoms in total. The lowest BCUT2D eigenvalue weighted by molar-refractivity contribution is 0.0535. The van der Waals surface area contributed by atoms with Crippen LogP contribution in [-0.4, -0.2) is 60.5 Å². The minimum Gasteiger partial charge on any atom is -0.454 e. The molecule has 28 heavy (non-hydrogen) atoms. The fourth-order valence-corrected chi connectivity index (χ4v) is 3.28. The van der Waals surface area contributed by atoms with Crippen LogP contribution in [-0.2, 0) is 0 Å². The van der Waals surface area contributed by atoms with Crippen molar-refractivity contribution < 1.29 is 23.9 Å². The van der Waals surface area contributed by atoms with Crippen LogP contribution in [0.2, 0.25) is 0 Å². The van der Waals surface area contributed by atoms with E-state index in [1.165, 1.54) is 12.1 Å². The molecule has 1 fully saturated rings. The predicted octanol–water partition coefficient (Wildman–Crippen LogP) is 1.11. The van der Waals surface area contributed by atoms with Gasteiger partial charge in [0.25, 0.3) is 11.8 Å². The van der Waals surface area contributed by atoms with Gasteiger partial charge in [-0.05, 0) is 42.5 Å². The number of primary amides is 1. The van der Waals surface area contributed by atoms with Gasteiger partial charge in [0.05, 0.1) is 0 Å². The highest BCUT2D eigenvalue weighted by molar-refractivity contribution is 5.98. The Morgan fingerprint density at radius 1 is 0.714 bits per heavy atom. The van der Waals surface area contributed by atoms with E-state index in [4.69, 9.17) is 15.2 Å². The lowest BCUT2D eigenvalue weighted by Gasteiger charge is -2.35. The maximum atomic E-state index is 12.7. The Bertz CT molecular complexity index is 933. The lowest BCUT2D eigenvalue weighted by Crippen LogP contribution is -2.50. The Balaban J connectivity index is 1.38. The second-order valence-electron chi connectivity index (χ2n) is 6.59. The minimum atomic E-state index is -0.533. The van der Waals surface area contributed by atoms with Crippen molar-refractivity contribution in [3.8, 4) is 11.5 Å². The molecule has 8 heteroatoms. The van der Waals surface area contributed by atoms with Gasteiger partial charge in [-0.25, -0.2) is 0 Å². The largest absolute Gasteiger partial charge is 0.454 e. The molecule has 2 aliphatic rings. The third-order valence-electron chi connectivity index (χ3n) is 4.89. The van der Waals surface area contributed by atoms with E-state index in [1.807, 2.05) is 0 Å². The molecule has 0 bridgehead atoms. The molecule has 2 heterocycles. The Hall–Kier alpha value is -3.55. The van der Waals surface area contributed by atoms with Gasteiger partial charge in [-0.1, -0.05) is 0 Å². The van der Waals surface area contributed by atoms with E-state index in [0.29, 0.717) is 54.4 Å². The number of carbonyl (C=O) groups excluding carboxylic acids is 3. The summed E-state index contributed by atoms with van der Waals surface area (Å²) in [5.74, 6) is 0.436. The van der Waals surface area contributed by atoms with Gasteiger partial charge in [-0.3, -0.25) is 14.4 Å². The number of nitrogens with two attached hydrogens (primary N) is 1. The van der Waals surface area contributed by atoms with Gasteiger partial charge in [0.1, 0.15) is 0 Å². The summed E-state index contributed by atoms with van der Waals surface area (Å²) in [6, 6.07) is 11.4. The first-order chi connectivity index (χ1) is 13.5. The SMILES string of the molecule is NC(=O)c1ccc(C(=O)N2CCN(C(=O)c3ccc4c(c3)OCO4)CC2)cc1. The van der Waals surface area contributed by atoms with Gasteiger partial charge < -0.3 is 25.0 Å². The van der Waals surface area contributed by atoms with E-state index >= 15 is 0 Å². The highest BCUT2D eigenvalue weighted by atomic mass is 16.7. The summed E-state index contributed by atoms with van der Waals surface area (Å²) < 4.78 is 10.6. The molecular weight excluding hydrogens is 362 g/mol. The summed E-state index contributed by atoms with van der Waals surface area (Å²) in [5.41, 5.74) is 6.59. The van der Waals surface area contributed by atoms with E-state index in [9.17, 15) is 14.4 Å². The van der Waals surface area contributed by atoms with Gasteiger partial charge >= 0.3 is 0 Å². The van der Waals surface area contributed by atoms with Crippen molar-refractivity contribution in [1.82, 2.24) is 9.80 Å². The van der Waals surface area contributed by atoms with E-state index in [-0.39, 0.29) is 18.6 Å². The number of nitrogens with zero attached hydrogens (tertiary/aromatic N) is 2. The molecule has 0 spiro atoms. The fourth-order valence-electron chi connectivity index (χ4n) is 3.28. The van der Waals surface area contributed by atoms with Crippen molar-refractivity contribution in [1.29, 1.82) is 0 Å². The average Bonchev–Trinajstić information content (AvgIpc) is 3.21. The number of carbonyl (C=O) groups is 3. The van der Waals surface area contributed by atoms with Crippen LogP contribution in [0.5, 0.6) is 11.5 Å². The van der Waals surface area contributed by atoms with E-state index < -0.39 is 5.91 Å². The highest BCUT2D eigenvalue weighted by Crippen LogP contribution is 2.32. The second kappa shape index (κ2) is 7.22. The van der Waals surface area contributed by atoms with Gasteiger partial charge in [0.2, 0.25) is 12.7 Å². The van der Waals surface area contributed by atoms with Crippen LogP contribution in [0.4, 0.5) is 0 Å². The first kappa shape index (κ1) is 17.8. The highest BCUT2D eigenvalue weighted by Gasteiger charge is 2.26. The van der Waals surface area contributed by atoms with Crippen LogP contribution >= 0.6 is 0 Å². The van der Waals surface area contributed by atoms with Crippen molar-refractivity contribution in [2.24, 2.45) is 5.73 Å². The smallest absolute Gasteiger partial charge is 0.254 e. The molecule has 0 aliphatic carbocycles. The summed E-state index contributed by atoms with van der Waals surface area (Å²) in [6.45, 7) is 1.92. The van der Waals surface area contributed by atoms with Crippen molar-refractivity contribution >= 4 is 17.7 Å². The molecule has 2 aromatic carbocycles. The van der Waals surface area contributed by atoms with Gasteiger partial charge in [-0.2, -0.15) is 0 Å². The maximum Gasteiger partial charge on any atom is 0.254 e. The third-order valence-corrected chi connectivity index (χ3v) is 4.89. The molecule has 0 atom stereocenters. The molecule has 0 unspecified atom stereocenters. The average molecular weight is 381 g/mol. The van der Waals surface area contributed by atoms with Crippen LogP contribution in [0.15, 0.2) is 42.5 Å². The molecule has 2 aliphatic heterocycles. The van der Waals surface area contributed by atoms with Gasteiger partial charge in [0.15, 0.2) is 11.5 Å². The van der Waals surface area contributed by atoms with E-state index in [2.05, 4.69) is 0 Å². The fraction of sp³-hybridized carbons (Fsp3) is 0.250. The molecule has 144 valence electrons. The first-order valence-electron chi connectivity index (χ1n) is 8.91. The van der Waals surface area contributed by atoms with E-state index in [1.54, 1.807) is 40.1 Å². The predicted molar refractivity (Wildman–Crippen MR) is 99.3 cm³/mol. The molecule has 0 saturated carbocycles. The molecule has 2 aromatic rings. The Kier molecular flexibility index (Phi) is 4.60. The number of fused-ring (bicyclic) bond motifs is 1. The molecule has 0 aromatic heterocycles. The molecule has 2 N–H and O–H groups in total. The number of piperazine rings is 1. The summed E-state index contributed by atoms with van der Waals surface area (Å²) >= 11 is 0. The van der Waals surface area contributed by atoms with Gasteiger partial charge in [-0.15, -0.1) is 0 Å². The van der Waals surface area contributed by atoms with Crippen LogP contribution in [0.25, 0.3) is 0 Å². The van der Waals surface area contributed by atoms with Crippen molar-refractivity contribution in [3.63, 3.8) is 0 Å². The normalized spacial score (nSPS) is 15.4. The molecular formula is C20H19N3O5. The van der Waals surface area contributed by atoms with Crippen LogP contribution in [0.1, 0.15) is 31.1 Å².